The molecule has 1 aliphatic rings. The largest absolute Gasteiger partial charge is 0.270 e. The third kappa shape index (κ3) is 3.11. The van der Waals surface area contributed by atoms with Gasteiger partial charge in [0.1, 0.15) is 0 Å². The number of aryl methyl sites for hydroxylation is 2. The van der Waals surface area contributed by atoms with Crippen LogP contribution in [0.5, 0.6) is 0 Å². The lowest BCUT2D eigenvalue weighted by Gasteiger charge is -2.27. The summed E-state index contributed by atoms with van der Waals surface area (Å²) < 4.78 is 0. The Labute approximate surface area is 151 Å². The Bertz CT molecular complexity index is 874. The number of halogens is 1. The number of benzene rings is 3. The van der Waals surface area contributed by atoms with Crippen LogP contribution in [0, 0.1) is 0 Å². The minimum atomic E-state index is -0.164. The molecule has 0 atom stereocenters. The maximum absolute atomic E-state index is 12.8. The molecule has 1 N–H and O–H groups in total. The van der Waals surface area contributed by atoms with E-state index in [9.17, 15) is 4.79 Å². The molecule has 0 aliphatic carbocycles. The Morgan fingerprint density at radius 2 is 1.32 bits per heavy atom. The second-order valence-electron chi connectivity index (χ2n) is 6.04. The maximum atomic E-state index is 12.8. The molecule has 0 aromatic heterocycles. The van der Waals surface area contributed by atoms with E-state index < -0.39 is 0 Å². The predicted molar refractivity (Wildman–Crippen MR) is 101 cm³/mol. The number of fused-ring (bicyclic) bond motifs is 2. The highest BCUT2D eigenvalue weighted by atomic mass is 35.5. The van der Waals surface area contributed by atoms with E-state index in [4.69, 9.17) is 11.6 Å². The van der Waals surface area contributed by atoms with Gasteiger partial charge in [0.15, 0.2) is 0 Å². The van der Waals surface area contributed by atoms with E-state index in [1.807, 2.05) is 41.4 Å². The lowest BCUT2D eigenvalue weighted by molar-refractivity contribution is 0.0953. The molecule has 4 rings (SSSR count). The van der Waals surface area contributed by atoms with Gasteiger partial charge in [0.25, 0.3) is 5.91 Å². The first-order valence-electron chi connectivity index (χ1n) is 8.25. The molecule has 0 saturated heterocycles. The summed E-state index contributed by atoms with van der Waals surface area (Å²) >= 11 is 5.92. The fourth-order valence-corrected chi connectivity index (χ4v) is 3.29. The first-order chi connectivity index (χ1) is 12.2. The Morgan fingerprint density at radius 1 is 0.800 bits per heavy atom. The van der Waals surface area contributed by atoms with Crippen molar-refractivity contribution in [3.05, 3.63) is 94.5 Å². The van der Waals surface area contributed by atoms with Gasteiger partial charge in [0.2, 0.25) is 0 Å². The van der Waals surface area contributed by atoms with Crippen molar-refractivity contribution in [2.24, 2.45) is 0 Å². The molecular weight excluding hydrogens is 332 g/mol. The number of anilines is 2. The molecule has 0 fully saturated rings. The molecule has 1 heterocycles. The fourth-order valence-electron chi connectivity index (χ4n) is 3.17. The lowest BCUT2D eigenvalue weighted by Crippen LogP contribution is -2.39. The van der Waals surface area contributed by atoms with Crippen molar-refractivity contribution in [1.29, 1.82) is 0 Å². The molecule has 4 heteroatoms. The first kappa shape index (κ1) is 15.7. The number of hydrogen-bond donors (Lipinski definition) is 1. The van der Waals surface area contributed by atoms with Crippen LogP contribution in [-0.2, 0) is 12.8 Å². The molecule has 0 bridgehead atoms. The molecule has 0 spiro atoms. The van der Waals surface area contributed by atoms with Gasteiger partial charge in [0, 0.05) is 10.6 Å². The normalized spacial score (nSPS) is 12.8. The summed E-state index contributed by atoms with van der Waals surface area (Å²) in [6, 6.07) is 23.3. The van der Waals surface area contributed by atoms with Gasteiger partial charge >= 0.3 is 0 Å². The number of para-hydroxylation sites is 2. The Morgan fingerprint density at radius 3 is 1.88 bits per heavy atom. The van der Waals surface area contributed by atoms with Crippen molar-refractivity contribution < 1.29 is 4.79 Å². The van der Waals surface area contributed by atoms with Crippen LogP contribution in [-0.4, -0.2) is 5.91 Å². The zero-order chi connectivity index (χ0) is 17.2. The molecule has 0 saturated carbocycles. The average Bonchev–Trinajstić information content (AvgIpc) is 2.80. The molecule has 124 valence electrons. The second kappa shape index (κ2) is 6.61. The van der Waals surface area contributed by atoms with E-state index in [2.05, 4.69) is 17.6 Å². The van der Waals surface area contributed by atoms with Crippen LogP contribution in [0.3, 0.4) is 0 Å². The SMILES string of the molecule is O=C(NN1c2ccccc2CCc2ccccc21)c1ccc(Cl)cc1. The van der Waals surface area contributed by atoms with Crippen LogP contribution in [0.15, 0.2) is 72.8 Å². The summed E-state index contributed by atoms with van der Waals surface area (Å²) in [6.45, 7) is 0. The third-order valence-electron chi connectivity index (χ3n) is 4.45. The zero-order valence-electron chi connectivity index (χ0n) is 13.6. The molecule has 1 amide bonds. The second-order valence-corrected chi connectivity index (χ2v) is 6.48. The van der Waals surface area contributed by atoms with Crippen LogP contribution in [0.4, 0.5) is 11.4 Å². The standard InChI is InChI=1S/C21H17ClN2O/c22-18-13-11-17(12-14-18)21(25)23-24-19-7-3-1-5-15(19)9-10-16-6-2-4-8-20(16)24/h1-8,11-14H,9-10H2,(H,23,25). The van der Waals surface area contributed by atoms with Crippen LogP contribution >= 0.6 is 11.6 Å². The van der Waals surface area contributed by atoms with Crippen LogP contribution in [0.1, 0.15) is 21.5 Å². The van der Waals surface area contributed by atoms with Crippen molar-refractivity contribution in [2.45, 2.75) is 12.8 Å². The van der Waals surface area contributed by atoms with Crippen molar-refractivity contribution in [2.75, 3.05) is 5.01 Å². The van der Waals surface area contributed by atoms with Gasteiger partial charge in [-0.1, -0.05) is 48.0 Å². The molecule has 1 aliphatic heterocycles. The van der Waals surface area contributed by atoms with E-state index in [-0.39, 0.29) is 5.91 Å². The van der Waals surface area contributed by atoms with Gasteiger partial charge in [-0.3, -0.25) is 15.2 Å². The van der Waals surface area contributed by atoms with E-state index in [1.165, 1.54) is 11.1 Å². The number of amides is 1. The maximum Gasteiger partial charge on any atom is 0.270 e. The average molecular weight is 349 g/mol. The number of rotatable bonds is 2. The van der Waals surface area contributed by atoms with Gasteiger partial charge in [0.05, 0.1) is 11.4 Å². The molecule has 3 nitrogen and oxygen atoms in total. The van der Waals surface area contributed by atoms with E-state index in [0.717, 1.165) is 24.2 Å². The van der Waals surface area contributed by atoms with E-state index in [0.29, 0.717) is 10.6 Å². The van der Waals surface area contributed by atoms with Gasteiger partial charge in [-0.25, -0.2) is 0 Å². The monoisotopic (exact) mass is 348 g/mol. The highest BCUT2D eigenvalue weighted by molar-refractivity contribution is 6.30. The Balaban J connectivity index is 1.75. The highest BCUT2D eigenvalue weighted by Crippen LogP contribution is 2.34. The minimum absolute atomic E-state index is 0.164. The summed E-state index contributed by atoms with van der Waals surface area (Å²) in [7, 11) is 0. The van der Waals surface area contributed by atoms with Gasteiger partial charge in [-0.15, -0.1) is 0 Å². The Kier molecular flexibility index (Phi) is 4.16. The topological polar surface area (TPSA) is 32.3 Å². The molecule has 0 unspecified atom stereocenters. The predicted octanol–water partition coefficient (Wildman–Crippen LogP) is 4.92. The van der Waals surface area contributed by atoms with E-state index in [1.54, 1.807) is 24.3 Å². The van der Waals surface area contributed by atoms with Crippen molar-refractivity contribution >= 4 is 28.9 Å². The summed E-state index contributed by atoms with van der Waals surface area (Å²) in [4.78, 5) is 12.8. The number of nitrogens with one attached hydrogen (secondary N) is 1. The quantitative estimate of drug-likeness (QED) is 0.712. The van der Waals surface area contributed by atoms with Crippen LogP contribution in [0.2, 0.25) is 5.02 Å². The first-order valence-corrected chi connectivity index (χ1v) is 8.63. The molecular formula is C21H17ClN2O. The van der Waals surface area contributed by atoms with Crippen LogP contribution in [0.25, 0.3) is 0 Å². The number of carbonyl (C=O) groups is 1. The molecule has 25 heavy (non-hydrogen) atoms. The molecule has 3 aromatic rings. The summed E-state index contributed by atoms with van der Waals surface area (Å²) in [5.41, 5.74) is 8.08. The van der Waals surface area contributed by atoms with Gasteiger partial charge in [-0.05, 0) is 60.4 Å². The summed E-state index contributed by atoms with van der Waals surface area (Å²) in [5, 5.41) is 2.51. The molecule has 0 radical (unpaired) electrons. The van der Waals surface area contributed by atoms with Crippen molar-refractivity contribution in [1.82, 2.24) is 5.43 Å². The lowest BCUT2D eigenvalue weighted by atomic mass is 10.0. The fraction of sp³-hybridized carbons (Fsp3) is 0.0952. The number of nitrogens with zero attached hydrogens (tertiary/aromatic N) is 1. The highest BCUT2D eigenvalue weighted by Gasteiger charge is 2.22. The zero-order valence-corrected chi connectivity index (χ0v) is 14.3. The Hall–Kier alpha value is -2.78. The van der Waals surface area contributed by atoms with Crippen molar-refractivity contribution in [3.63, 3.8) is 0 Å². The number of hydrogen-bond acceptors (Lipinski definition) is 2. The minimum Gasteiger partial charge on any atom is -0.267 e. The summed E-state index contributed by atoms with van der Waals surface area (Å²) in [5.74, 6) is -0.164. The number of hydrazine groups is 1. The van der Waals surface area contributed by atoms with Crippen molar-refractivity contribution in [3.8, 4) is 0 Å². The van der Waals surface area contributed by atoms with Crippen LogP contribution < -0.4 is 10.4 Å². The smallest absolute Gasteiger partial charge is 0.267 e. The van der Waals surface area contributed by atoms with Gasteiger partial charge < -0.3 is 0 Å². The van der Waals surface area contributed by atoms with Gasteiger partial charge in [-0.2, -0.15) is 0 Å². The van der Waals surface area contributed by atoms with E-state index >= 15 is 0 Å². The number of carbonyl (C=O) groups excluding carboxylic acids is 1. The molecule has 3 aromatic carbocycles. The summed E-state index contributed by atoms with van der Waals surface area (Å²) in [6.07, 6.45) is 1.89. The third-order valence-corrected chi connectivity index (χ3v) is 4.70.